The molecule has 0 unspecified atom stereocenters. The summed E-state index contributed by atoms with van der Waals surface area (Å²) in [7, 11) is 0. The van der Waals surface area contributed by atoms with Crippen LogP contribution in [0.3, 0.4) is 0 Å². The molecule has 0 aliphatic rings. The van der Waals surface area contributed by atoms with Gasteiger partial charge in [0.05, 0.1) is 4.47 Å². The summed E-state index contributed by atoms with van der Waals surface area (Å²) in [6.07, 6.45) is 3.92. The van der Waals surface area contributed by atoms with E-state index in [1.165, 1.54) is 5.56 Å². The van der Waals surface area contributed by atoms with Crippen molar-refractivity contribution in [2.75, 3.05) is 12.4 Å². The normalized spacial score (nSPS) is 10.8. The van der Waals surface area contributed by atoms with Crippen LogP contribution in [0.2, 0.25) is 0 Å². The monoisotopic (exact) mass is 272 g/mol. The predicted octanol–water partition coefficient (Wildman–Crippen LogP) is 3.62. The fraction of sp³-hybridized carbons (Fsp3) is 0.273. The van der Waals surface area contributed by atoms with Gasteiger partial charge < -0.3 is 4.74 Å². The first-order chi connectivity index (χ1) is 6.74. The van der Waals surface area contributed by atoms with E-state index in [1.54, 1.807) is 0 Å². The van der Waals surface area contributed by atoms with E-state index in [1.807, 2.05) is 30.4 Å². The average molecular weight is 273 g/mol. The second-order valence-electron chi connectivity index (χ2n) is 2.90. The van der Waals surface area contributed by atoms with Crippen molar-refractivity contribution in [1.29, 1.82) is 0 Å². The van der Waals surface area contributed by atoms with Gasteiger partial charge in [-0.3, -0.25) is 0 Å². The second kappa shape index (κ2) is 6.14. The Morgan fingerprint density at radius 2 is 2.21 bits per heavy atom. The molecule has 1 aromatic rings. The van der Waals surface area contributed by atoms with Gasteiger partial charge in [0.2, 0.25) is 0 Å². The molecule has 0 aliphatic carbocycles. The van der Waals surface area contributed by atoms with Crippen molar-refractivity contribution in [3.63, 3.8) is 0 Å². The zero-order valence-corrected chi connectivity index (χ0v) is 10.5. The van der Waals surface area contributed by atoms with E-state index in [2.05, 4.69) is 35.5 Å². The van der Waals surface area contributed by atoms with E-state index in [-0.39, 0.29) is 0 Å². The highest BCUT2D eigenvalue weighted by Crippen LogP contribution is 2.25. The second-order valence-corrected chi connectivity index (χ2v) is 4.12. The molecule has 76 valence electrons. The lowest BCUT2D eigenvalue weighted by molar-refractivity contribution is 0.360. The maximum Gasteiger partial charge on any atom is 0.133 e. The Bertz CT molecular complexity index is 323. The van der Waals surface area contributed by atoms with E-state index in [0.29, 0.717) is 6.61 Å². The van der Waals surface area contributed by atoms with Crippen molar-refractivity contribution in [2.24, 2.45) is 0 Å². The summed E-state index contributed by atoms with van der Waals surface area (Å²) in [5.74, 6) is 1.62. The molecule has 0 fully saturated rings. The van der Waals surface area contributed by atoms with Crippen LogP contribution in [0.4, 0.5) is 0 Å². The smallest absolute Gasteiger partial charge is 0.133 e. The zero-order chi connectivity index (χ0) is 10.4. The maximum atomic E-state index is 5.53. The molecule has 3 heteroatoms. The van der Waals surface area contributed by atoms with Gasteiger partial charge in [0.1, 0.15) is 12.4 Å². The Kier molecular flexibility index (Phi) is 5.12. The van der Waals surface area contributed by atoms with Crippen LogP contribution >= 0.6 is 28.6 Å². The van der Waals surface area contributed by atoms with Crippen molar-refractivity contribution < 1.29 is 4.74 Å². The first-order valence-electron chi connectivity index (χ1n) is 4.39. The van der Waals surface area contributed by atoms with Crippen LogP contribution in [0.25, 0.3) is 0 Å². The first-order valence-corrected chi connectivity index (χ1v) is 5.81. The largest absolute Gasteiger partial charge is 0.488 e. The molecule has 1 rings (SSSR count). The Hall–Kier alpha value is -0.410. The molecule has 0 aromatic heterocycles. The third-order valence-corrected chi connectivity index (χ3v) is 2.53. The van der Waals surface area contributed by atoms with Crippen LogP contribution in [0.1, 0.15) is 5.56 Å². The number of ether oxygens (including phenoxy) is 1. The lowest BCUT2D eigenvalue weighted by atomic mass is 10.2. The van der Waals surface area contributed by atoms with Crippen LogP contribution in [0.5, 0.6) is 5.75 Å². The summed E-state index contributed by atoms with van der Waals surface area (Å²) in [5.41, 5.74) is 1.22. The molecule has 0 N–H and O–H groups in total. The molecule has 0 atom stereocenters. The number of halogens is 1. The van der Waals surface area contributed by atoms with Crippen LogP contribution in [0, 0.1) is 6.92 Å². The molecule has 0 amide bonds. The van der Waals surface area contributed by atoms with Crippen LogP contribution < -0.4 is 4.74 Å². The van der Waals surface area contributed by atoms with Gasteiger partial charge in [-0.05, 0) is 40.5 Å². The highest BCUT2D eigenvalue weighted by molar-refractivity contribution is 9.10. The van der Waals surface area contributed by atoms with Crippen molar-refractivity contribution >= 4 is 28.6 Å². The van der Waals surface area contributed by atoms with Crippen molar-refractivity contribution in [3.05, 3.63) is 40.4 Å². The molecule has 0 saturated carbocycles. The third-order valence-electron chi connectivity index (χ3n) is 1.69. The van der Waals surface area contributed by atoms with Crippen molar-refractivity contribution in [3.8, 4) is 5.75 Å². The number of hydrogen-bond donors (Lipinski definition) is 1. The Balaban J connectivity index is 2.55. The zero-order valence-electron chi connectivity index (χ0n) is 8.03. The molecule has 1 nitrogen and oxygen atoms in total. The van der Waals surface area contributed by atoms with E-state index < -0.39 is 0 Å². The van der Waals surface area contributed by atoms with E-state index in [4.69, 9.17) is 4.74 Å². The summed E-state index contributed by atoms with van der Waals surface area (Å²) in [4.78, 5) is 0. The van der Waals surface area contributed by atoms with Gasteiger partial charge in [-0.1, -0.05) is 18.2 Å². The fourth-order valence-corrected chi connectivity index (χ4v) is 1.76. The van der Waals surface area contributed by atoms with Crippen LogP contribution in [-0.4, -0.2) is 12.4 Å². The Morgan fingerprint density at radius 3 is 2.86 bits per heavy atom. The highest BCUT2D eigenvalue weighted by Gasteiger charge is 1.98. The molecule has 0 radical (unpaired) electrons. The van der Waals surface area contributed by atoms with Gasteiger partial charge in [-0.25, -0.2) is 0 Å². The van der Waals surface area contributed by atoms with Crippen LogP contribution in [0.15, 0.2) is 34.8 Å². The van der Waals surface area contributed by atoms with Gasteiger partial charge in [0, 0.05) is 5.75 Å². The SMILES string of the molecule is Cc1ccc(OCC=CCS)c(Br)c1. The maximum absolute atomic E-state index is 5.53. The van der Waals surface area contributed by atoms with Crippen molar-refractivity contribution in [2.45, 2.75) is 6.92 Å². The molecule has 0 saturated heterocycles. The Morgan fingerprint density at radius 1 is 1.43 bits per heavy atom. The van der Waals surface area contributed by atoms with E-state index >= 15 is 0 Å². The minimum absolute atomic E-state index is 0.586. The first kappa shape index (κ1) is 11.7. The third kappa shape index (κ3) is 3.76. The minimum atomic E-state index is 0.586. The molecule has 14 heavy (non-hydrogen) atoms. The Labute approximate surface area is 98.7 Å². The number of aryl methyl sites for hydroxylation is 1. The number of thiol groups is 1. The van der Waals surface area contributed by atoms with E-state index in [0.717, 1.165) is 16.0 Å². The van der Waals surface area contributed by atoms with Crippen LogP contribution in [-0.2, 0) is 0 Å². The van der Waals surface area contributed by atoms with Gasteiger partial charge >= 0.3 is 0 Å². The van der Waals surface area contributed by atoms with Gasteiger partial charge in [-0.2, -0.15) is 12.6 Å². The minimum Gasteiger partial charge on any atom is -0.488 e. The molecule has 0 heterocycles. The summed E-state index contributed by atoms with van der Waals surface area (Å²) >= 11 is 7.52. The van der Waals surface area contributed by atoms with Gasteiger partial charge in [0.15, 0.2) is 0 Å². The summed E-state index contributed by atoms with van der Waals surface area (Å²) in [6.45, 7) is 2.64. The summed E-state index contributed by atoms with van der Waals surface area (Å²) in [5, 5.41) is 0. The average Bonchev–Trinajstić information content (AvgIpc) is 2.15. The topological polar surface area (TPSA) is 9.23 Å². The lowest BCUT2D eigenvalue weighted by Gasteiger charge is -2.05. The molecule has 0 bridgehead atoms. The summed E-state index contributed by atoms with van der Waals surface area (Å²) < 4.78 is 6.52. The predicted molar refractivity (Wildman–Crippen MR) is 67.4 cm³/mol. The molecule has 0 aliphatic heterocycles. The van der Waals surface area contributed by atoms with Gasteiger partial charge in [-0.15, -0.1) is 0 Å². The standard InChI is InChI=1S/C11H13BrOS/c1-9-4-5-11(10(12)8-9)13-6-2-3-7-14/h2-5,8,14H,6-7H2,1H3. The molecule has 1 aromatic carbocycles. The van der Waals surface area contributed by atoms with Gasteiger partial charge in [0.25, 0.3) is 0 Å². The van der Waals surface area contributed by atoms with Crippen molar-refractivity contribution in [1.82, 2.24) is 0 Å². The molecular weight excluding hydrogens is 260 g/mol. The number of rotatable bonds is 4. The number of benzene rings is 1. The molecular formula is C11H13BrOS. The lowest BCUT2D eigenvalue weighted by Crippen LogP contribution is -1.94. The molecule has 0 spiro atoms. The van der Waals surface area contributed by atoms with E-state index in [9.17, 15) is 0 Å². The fourth-order valence-electron chi connectivity index (χ4n) is 1.00. The number of hydrogen-bond acceptors (Lipinski definition) is 2. The highest BCUT2D eigenvalue weighted by atomic mass is 79.9. The summed E-state index contributed by atoms with van der Waals surface area (Å²) in [6, 6.07) is 6.04. The quantitative estimate of drug-likeness (QED) is 0.651.